The zero-order valence-corrected chi connectivity index (χ0v) is 11.4. The van der Waals surface area contributed by atoms with Gasteiger partial charge in [-0.25, -0.2) is 0 Å². The minimum absolute atomic E-state index is 0.204. The van der Waals surface area contributed by atoms with Crippen LogP contribution in [0, 0.1) is 5.92 Å². The third kappa shape index (κ3) is 2.87. The molecule has 1 saturated heterocycles. The predicted octanol–water partition coefficient (Wildman–Crippen LogP) is 2.92. The SMILES string of the molecule is C[C@H](c1cccc(Br)c1)N1CC[C@@H](C(=O)O)C1. The van der Waals surface area contributed by atoms with E-state index in [9.17, 15) is 4.79 Å². The van der Waals surface area contributed by atoms with Gasteiger partial charge in [-0.05, 0) is 37.6 Å². The predicted molar refractivity (Wildman–Crippen MR) is 69.9 cm³/mol. The lowest BCUT2D eigenvalue weighted by Crippen LogP contribution is -2.26. The molecule has 2 rings (SSSR count). The van der Waals surface area contributed by atoms with E-state index in [2.05, 4.69) is 39.9 Å². The van der Waals surface area contributed by atoms with E-state index in [4.69, 9.17) is 5.11 Å². The van der Waals surface area contributed by atoms with Crippen LogP contribution in [-0.4, -0.2) is 29.1 Å². The lowest BCUT2D eigenvalue weighted by Gasteiger charge is -2.24. The van der Waals surface area contributed by atoms with Crippen molar-refractivity contribution in [2.45, 2.75) is 19.4 Å². The third-order valence-corrected chi connectivity index (χ3v) is 3.94. The molecule has 0 unspecified atom stereocenters. The van der Waals surface area contributed by atoms with Crippen LogP contribution in [0.2, 0.25) is 0 Å². The van der Waals surface area contributed by atoms with Crippen LogP contribution in [0.15, 0.2) is 28.7 Å². The number of aliphatic carboxylic acids is 1. The number of hydrogen-bond acceptors (Lipinski definition) is 2. The maximum Gasteiger partial charge on any atom is 0.307 e. The van der Waals surface area contributed by atoms with E-state index in [1.54, 1.807) is 0 Å². The van der Waals surface area contributed by atoms with E-state index >= 15 is 0 Å². The van der Waals surface area contributed by atoms with Crippen molar-refractivity contribution in [1.82, 2.24) is 4.90 Å². The van der Waals surface area contributed by atoms with Gasteiger partial charge in [-0.2, -0.15) is 0 Å². The second-order valence-corrected chi connectivity index (χ2v) is 5.47. The highest BCUT2D eigenvalue weighted by atomic mass is 79.9. The molecule has 0 saturated carbocycles. The van der Waals surface area contributed by atoms with Crippen molar-refractivity contribution in [3.8, 4) is 0 Å². The highest BCUT2D eigenvalue weighted by molar-refractivity contribution is 9.10. The normalized spacial score (nSPS) is 22.6. The van der Waals surface area contributed by atoms with Gasteiger partial charge in [-0.3, -0.25) is 9.69 Å². The molecule has 0 aromatic heterocycles. The molecule has 92 valence electrons. The Morgan fingerprint density at radius 3 is 2.94 bits per heavy atom. The highest BCUT2D eigenvalue weighted by Crippen LogP contribution is 2.28. The average Bonchev–Trinajstić information content (AvgIpc) is 2.77. The Kier molecular flexibility index (Phi) is 3.84. The van der Waals surface area contributed by atoms with Crippen molar-refractivity contribution in [3.05, 3.63) is 34.3 Å². The number of carboxylic acids is 1. The van der Waals surface area contributed by atoms with Crippen LogP contribution >= 0.6 is 15.9 Å². The van der Waals surface area contributed by atoms with Crippen molar-refractivity contribution >= 4 is 21.9 Å². The van der Waals surface area contributed by atoms with Crippen molar-refractivity contribution in [3.63, 3.8) is 0 Å². The summed E-state index contributed by atoms with van der Waals surface area (Å²) in [6, 6.07) is 8.47. The molecule has 3 nitrogen and oxygen atoms in total. The van der Waals surface area contributed by atoms with E-state index in [1.165, 1.54) is 5.56 Å². The lowest BCUT2D eigenvalue weighted by atomic mass is 10.1. The molecule has 1 aliphatic heterocycles. The fraction of sp³-hybridized carbons (Fsp3) is 0.462. The summed E-state index contributed by atoms with van der Waals surface area (Å²) in [7, 11) is 0. The Morgan fingerprint density at radius 2 is 2.35 bits per heavy atom. The van der Waals surface area contributed by atoms with Gasteiger partial charge >= 0.3 is 5.97 Å². The molecular weight excluding hydrogens is 282 g/mol. The van der Waals surface area contributed by atoms with Gasteiger partial charge in [0.25, 0.3) is 0 Å². The average molecular weight is 298 g/mol. The summed E-state index contributed by atoms with van der Waals surface area (Å²) in [5, 5.41) is 8.99. The number of carboxylic acid groups (broad SMARTS) is 1. The highest BCUT2D eigenvalue weighted by Gasteiger charge is 2.30. The Labute approximate surface area is 110 Å². The number of carbonyl (C=O) groups is 1. The molecule has 4 heteroatoms. The van der Waals surface area contributed by atoms with Crippen LogP contribution in [0.3, 0.4) is 0 Å². The molecule has 0 bridgehead atoms. The number of halogens is 1. The van der Waals surface area contributed by atoms with Crippen molar-refractivity contribution in [2.75, 3.05) is 13.1 Å². The fourth-order valence-electron chi connectivity index (χ4n) is 2.32. The summed E-state index contributed by atoms with van der Waals surface area (Å²) in [6.45, 7) is 3.65. The second kappa shape index (κ2) is 5.19. The molecule has 0 aliphatic carbocycles. The van der Waals surface area contributed by atoms with Crippen molar-refractivity contribution in [1.29, 1.82) is 0 Å². The van der Waals surface area contributed by atoms with Crippen LogP contribution < -0.4 is 0 Å². The maximum atomic E-state index is 10.9. The summed E-state index contributed by atoms with van der Waals surface area (Å²) in [6.07, 6.45) is 0.758. The second-order valence-electron chi connectivity index (χ2n) is 4.55. The number of hydrogen-bond donors (Lipinski definition) is 1. The first-order valence-corrected chi connectivity index (χ1v) is 6.59. The van der Waals surface area contributed by atoms with E-state index < -0.39 is 5.97 Å². The van der Waals surface area contributed by atoms with Gasteiger partial charge in [0.1, 0.15) is 0 Å². The summed E-state index contributed by atoms with van der Waals surface area (Å²) in [5.74, 6) is -0.876. The number of benzene rings is 1. The summed E-state index contributed by atoms with van der Waals surface area (Å²) in [4.78, 5) is 13.2. The standard InChI is InChI=1S/C13H16BrNO2/c1-9(10-3-2-4-12(14)7-10)15-6-5-11(8-15)13(16)17/h2-4,7,9,11H,5-6,8H2,1H3,(H,16,17)/t9-,11-/m1/s1. The largest absolute Gasteiger partial charge is 0.481 e. The molecule has 0 radical (unpaired) electrons. The maximum absolute atomic E-state index is 10.9. The molecule has 1 N–H and O–H groups in total. The minimum Gasteiger partial charge on any atom is -0.481 e. The van der Waals surface area contributed by atoms with Gasteiger partial charge < -0.3 is 5.11 Å². The molecule has 1 aromatic carbocycles. The zero-order valence-electron chi connectivity index (χ0n) is 9.77. The van der Waals surface area contributed by atoms with Crippen LogP contribution in [0.1, 0.15) is 24.9 Å². The van der Waals surface area contributed by atoms with Crippen molar-refractivity contribution in [2.24, 2.45) is 5.92 Å². The van der Waals surface area contributed by atoms with Gasteiger partial charge in [-0.1, -0.05) is 28.1 Å². The lowest BCUT2D eigenvalue weighted by molar-refractivity contribution is -0.141. The zero-order chi connectivity index (χ0) is 12.4. The molecule has 1 aliphatic rings. The van der Waals surface area contributed by atoms with Crippen molar-refractivity contribution < 1.29 is 9.90 Å². The third-order valence-electron chi connectivity index (χ3n) is 3.45. The Bertz CT molecular complexity index is 422. The first-order valence-electron chi connectivity index (χ1n) is 5.80. The van der Waals surface area contributed by atoms with Crippen LogP contribution in [0.25, 0.3) is 0 Å². The molecule has 0 spiro atoms. The van der Waals surface area contributed by atoms with E-state index in [1.807, 2.05) is 12.1 Å². The van der Waals surface area contributed by atoms with E-state index in [0.717, 1.165) is 17.4 Å². The monoisotopic (exact) mass is 297 g/mol. The molecule has 1 aromatic rings. The molecule has 1 fully saturated rings. The first kappa shape index (κ1) is 12.6. The van der Waals surface area contributed by atoms with Crippen LogP contribution in [0.5, 0.6) is 0 Å². The van der Waals surface area contributed by atoms with Gasteiger partial charge in [0.05, 0.1) is 5.92 Å². The summed E-state index contributed by atoms with van der Waals surface area (Å²) >= 11 is 3.46. The Balaban J connectivity index is 2.06. The molecule has 0 amide bonds. The molecule has 17 heavy (non-hydrogen) atoms. The summed E-state index contributed by atoms with van der Waals surface area (Å²) < 4.78 is 1.07. The summed E-state index contributed by atoms with van der Waals surface area (Å²) in [5.41, 5.74) is 1.23. The first-order chi connectivity index (χ1) is 8.08. The van der Waals surface area contributed by atoms with Gasteiger partial charge in [0, 0.05) is 17.1 Å². The molecule has 2 atom stereocenters. The molecular formula is C13H16BrNO2. The topological polar surface area (TPSA) is 40.5 Å². The van der Waals surface area contributed by atoms with Crippen LogP contribution in [-0.2, 0) is 4.79 Å². The van der Waals surface area contributed by atoms with E-state index in [0.29, 0.717) is 6.54 Å². The fourth-order valence-corrected chi connectivity index (χ4v) is 2.73. The van der Waals surface area contributed by atoms with E-state index in [-0.39, 0.29) is 12.0 Å². The minimum atomic E-state index is -0.672. The molecule has 1 heterocycles. The number of nitrogens with zero attached hydrogens (tertiary/aromatic N) is 1. The Morgan fingerprint density at radius 1 is 1.59 bits per heavy atom. The van der Waals surface area contributed by atoms with Gasteiger partial charge in [0.2, 0.25) is 0 Å². The number of likely N-dealkylation sites (tertiary alicyclic amines) is 1. The number of rotatable bonds is 3. The quantitative estimate of drug-likeness (QED) is 0.932. The van der Waals surface area contributed by atoms with Gasteiger partial charge in [0.15, 0.2) is 0 Å². The smallest absolute Gasteiger partial charge is 0.307 e. The van der Waals surface area contributed by atoms with Gasteiger partial charge in [-0.15, -0.1) is 0 Å². The Hall–Kier alpha value is -0.870. The van der Waals surface area contributed by atoms with Crippen LogP contribution in [0.4, 0.5) is 0 Å².